The first kappa shape index (κ1) is 9.44. The van der Waals surface area contributed by atoms with Crippen LogP contribution in [0.4, 0.5) is 0 Å². The van der Waals surface area contributed by atoms with E-state index in [9.17, 15) is 0 Å². The summed E-state index contributed by atoms with van der Waals surface area (Å²) in [6.07, 6.45) is 4.38. The van der Waals surface area contributed by atoms with Crippen molar-refractivity contribution in [2.75, 3.05) is 13.1 Å². The van der Waals surface area contributed by atoms with Crippen molar-refractivity contribution in [1.82, 2.24) is 4.90 Å². The van der Waals surface area contributed by atoms with Crippen LogP contribution in [0, 0.1) is 0 Å². The van der Waals surface area contributed by atoms with Crippen LogP contribution in [0.2, 0.25) is 0 Å². The van der Waals surface area contributed by atoms with Gasteiger partial charge in [-0.05, 0) is 11.1 Å². The maximum Gasteiger partial charge on any atom is 0.0681 e. The van der Waals surface area contributed by atoms with Crippen molar-refractivity contribution in [3.8, 4) is 0 Å². The lowest BCUT2D eigenvalue weighted by molar-refractivity contribution is 0.281. The Bertz CT molecular complexity index is 325. The first-order valence-electron chi connectivity index (χ1n) is 4.94. The Morgan fingerprint density at radius 1 is 1.14 bits per heavy atom. The van der Waals surface area contributed by atoms with Crippen molar-refractivity contribution in [3.05, 3.63) is 47.5 Å². The van der Waals surface area contributed by atoms with Crippen LogP contribution in [0.25, 0.3) is 0 Å². The molecule has 74 valence electrons. The quantitative estimate of drug-likeness (QED) is 0.729. The second-order valence-electron chi connectivity index (χ2n) is 3.64. The summed E-state index contributed by atoms with van der Waals surface area (Å²) in [4.78, 5) is 2.36. The Morgan fingerprint density at radius 2 is 1.86 bits per heavy atom. The second-order valence-corrected chi connectivity index (χ2v) is 3.64. The number of aliphatic hydroxyl groups excluding tert-OH is 1. The molecule has 0 radical (unpaired) electrons. The van der Waals surface area contributed by atoms with Gasteiger partial charge in [0.2, 0.25) is 0 Å². The fourth-order valence-corrected chi connectivity index (χ4v) is 1.74. The van der Waals surface area contributed by atoms with Gasteiger partial charge in [0.05, 0.1) is 6.61 Å². The lowest BCUT2D eigenvalue weighted by Crippen LogP contribution is -2.19. The maximum atomic E-state index is 9.00. The SMILES string of the molecule is OCc1cccc(CN2CC=CC2)c1. The number of aliphatic hydroxyl groups is 1. The van der Waals surface area contributed by atoms with Crippen molar-refractivity contribution in [3.63, 3.8) is 0 Å². The van der Waals surface area contributed by atoms with Crippen LogP contribution in [0.3, 0.4) is 0 Å². The third-order valence-electron chi connectivity index (χ3n) is 2.47. The first-order chi connectivity index (χ1) is 6.88. The Hall–Kier alpha value is -1.12. The van der Waals surface area contributed by atoms with Crippen molar-refractivity contribution in [1.29, 1.82) is 0 Å². The van der Waals surface area contributed by atoms with E-state index < -0.39 is 0 Å². The Morgan fingerprint density at radius 3 is 2.57 bits per heavy atom. The summed E-state index contributed by atoms with van der Waals surface area (Å²) in [5.41, 5.74) is 2.27. The zero-order valence-electron chi connectivity index (χ0n) is 8.19. The molecule has 0 bridgehead atoms. The van der Waals surface area contributed by atoms with Gasteiger partial charge in [-0.15, -0.1) is 0 Å². The zero-order valence-corrected chi connectivity index (χ0v) is 8.19. The monoisotopic (exact) mass is 189 g/mol. The number of hydrogen-bond donors (Lipinski definition) is 1. The highest BCUT2D eigenvalue weighted by Gasteiger charge is 2.06. The van der Waals surface area contributed by atoms with Gasteiger partial charge in [-0.1, -0.05) is 36.4 Å². The van der Waals surface area contributed by atoms with Gasteiger partial charge in [0, 0.05) is 19.6 Å². The topological polar surface area (TPSA) is 23.5 Å². The van der Waals surface area contributed by atoms with Crippen molar-refractivity contribution in [2.24, 2.45) is 0 Å². The highest BCUT2D eigenvalue weighted by atomic mass is 16.3. The van der Waals surface area contributed by atoms with Crippen LogP contribution in [0.1, 0.15) is 11.1 Å². The molecule has 1 aromatic rings. The average molecular weight is 189 g/mol. The van der Waals surface area contributed by atoms with Gasteiger partial charge in [0.1, 0.15) is 0 Å². The summed E-state index contributed by atoms with van der Waals surface area (Å²) >= 11 is 0. The van der Waals surface area contributed by atoms with Crippen molar-refractivity contribution in [2.45, 2.75) is 13.2 Å². The molecule has 1 aliphatic rings. The highest BCUT2D eigenvalue weighted by molar-refractivity contribution is 5.23. The van der Waals surface area contributed by atoms with Crippen molar-refractivity contribution >= 4 is 0 Å². The number of rotatable bonds is 3. The molecule has 2 heteroatoms. The van der Waals surface area contributed by atoms with Gasteiger partial charge in [-0.2, -0.15) is 0 Å². The molecule has 1 aromatic carbocycles. The molecule has 14 heavy (non-hydrogen) atoms. The number of benzene rings is 1. The molecule has 1 aliphatic heterocycles. The van der Waals surface area contributed by atoms with Gasteiger partial charge in [0.25, 0.3) is 0 Å². The molecule has 0 amide bonds. The largest absolute Gasteiger partial charge is 0.392 e. The summed E-state index contributed by atoms with van der Waals surface area (Å²) in [5.74, 6) is 0. The molecule has 1 heterocycles. The van der Waals surface area contributed by atoms with E-state index in [1.165, 1.54) is 5.56 Å². The third kappa shape index (κ3) is 2.22. The second kappa shape index (κ2) is 4.40. The summed E-state index contributed by atoms with van der Waals surface area (Å²) in [7, 11) is 0. The zero-order chi connectivity index (χ0) is 9.80. The van der Waals surface area contributed by atoms with E-state index in [-0.39, 0.29) is 6.61 Å². The van der Waals surface area contributed by atoms with Gasteiger partial charge < -0.3 is 5.11 Å². The maximum absolute atomic E-state index is 9.00. The van der Waals surface area contributed by atoms with E-state index in [4.69, 9.17) is 5.11 Å². The summed E-state index contributed by atoms with van der Waals surface area (Å²) in [6.45, 7) is 3.19. The van der Waals surface area contributed by atoms with Gasteiger partial charge >= 0.3 is 0 Å². The molecular formula is C12H15NO. The molecule has 0 fully saturated rings. The molecule has 0 aromatic heterocycles. The Labute approximate surface area is 84.5 Å². The summed E-state index contributed by atoms with van der Waals surface area (Å²) in [5, 5.41) is 9.00. The van der Waals surface area contributed by atoms with Crippen LogP contribution in [0.5, 0.6) is 0 Å². The molecular weight excluding hydrogens is 174 g/mol. The molecule has 2 nitrogen and oxygen atoms in total. The predicted molar refractivity (Wildman–Crippen MR) is 56.8 cm³/mol. The molecule has 0 saturated heterocycles. The van der Waals surface area contributed by atoms with Gasteiger partial charge in [-0.3, -0.25) is 4.90 Å². The minimum absolute atomic E-state index is 0.131. The van der Waals surface area contributed by atoms with Crippen LogP contribution in [-0.2, 0) is 13.2 Å². The van der Waals surface area contributed by atoms with E-state index >= 15 is 0 Å². The van der Waals surface area contributed by atoms with E-state index in [0.717, 1.165) is 25.2 Å². The minimum Gasteiger partial charge on any atom is -0.392 e. The molecule has 0 aliphatic carbocycles. The fraction of sp³-hybridized carbons (Fsp3) is 0.333. The average Bonchev–Trinajstić information content (AvgIpc) is 2.71. The Kier molecular flexibility index (Phi) is 2.96. The van der Waals surface area contributed by atoms with Crippen LogP contribution in [0.15, 0.2) is 36.4 Å². The molecule has 0 saturated carbocycles. The smallest absolute Gasteiger partial charge is 0.0681 e. The van der Waals surface area contributed by atoms with E-state index in [0.29, 0.717) is 0 Å². The lowest BCUT2D eigenvalue weighted by atomic mass is 10.1. The van der Waals surface area contributed by atoms with Gasteiger partial charge in [0.15, 0.2) is 0 Å². The molecule has 1 N–H and O–H groups in total. The molecule has 0 spiro atoms. The lowest BCUT2D eigenvalue weighted by Gasteiger charge is -2.14. The van der Waals surface area contributed by atoms with Gasteiger partial charge in [-0.25, -0.2) is 0 Å². The minimum atomic E-state index is 0.131. The molecule has 0 unspecified atom stereocenters. The van der Waals surface area contributed by atoms with Crippen LogP contribution in [-0.4, -0.2) is 23.1 Å². The van der Waals surface area contributed by atoms with Crippen LogP contribution < -0.4 is 0 Å². The summed E-state index contributed by atoms with van der Waals surface area (Å²) < 4.78 is 0. The molecule has 2 rings (SSSR count). The van der Waals surface area contributed by atoms with Crippen LogP contribution >= 0.6 is 0 Å². The number of nitrogens with zero attached hydrogens (tertiary/aromatic N) is 1. The fourth-order valence-electron chi connectivity index (χ4n) is 1.74. The Balaban J connectivity index is 2.01. The predicted octanol–water partition coefficient (Wildman–Crippen LogP) is 1.55. The standard InChI is InChI=1S/C12H15NO/c14-10-12-5-3-4-11(8-12)9-13-6-1-2-7-13/h1-5,8,14H,6-7,9-10H2. The van der Waals surface area contributed by atoms with E-state index in [1.54, 1.807) is 0 Å². The third-order valence-corrected chi connectivity index (χ3v) is 2.47. The first-order valence-corrected chi connectivity index (χ1v) is 4.94. The van der Waals surface area contributed by atoms with E-state index in [1.807, 2.05) is 12.1 Å². The molecule has 0 atom stereocenters. The number of hydrogen-bond acceptors (Lipinski definition) is 2. The summed E-state index contributed by atoms with van der Waals surface area (Å²) in [6, 6.07) is 8.13. The highest BCUT2D eigenvalue weighted by Crippen LogP contribution is 2.10. The normalized spacial score (nSPS) is 16.4. The van der Waals surface area contributed by atoms with E-state index in [2.05, 4.69) is 29.2 Å². The van der Waals surface area contributed by atoms with Crippen molar-refractivity contribution < 1.29 is 5.11 Å².